The third-order valence-electron chi connectivity index (χ3n) is 2.04. The Balaban J connectivity index is 3.82. The first kappa shape index (κ1) is 14.0. The van der Waals surface area contributed by atoms with Crippen LogP contribution in [0.2, 0.25) is 0 Å². The first-order valence-electron chi connectivity index (χ1n) is 5.59. The lowest BCUT2D eigenvalue weighted by Crippen LogP contribution is -2.38. The Morgan fingerprint density at radius 1 is 1.53 bits per heavy atom. The number of ether oxygens (including phenoxy) is 1. The van der Waals surface area contributed by atoms with Gasteiger partial charge in [0.15, 0.2) is 0 Å². The molecule has 0 heterocycles. The first-order chi connectivity index (χ1) is 7.26. The summed E-state index contributed by atoms with van der Waals surface area (Å²) in [5.41, 5.74) is 0. The van der Waals surface area contributed by atoms with E-state index in [9.17, 15) is 4.79 Å². The minimum atomic E-state index is -0.173. The summed E-state index contributed by atoms with van der Waals surface area (Å²) in [6.07, 6.45) is 8.56. The van der Waals surface area contributed by atoms with Crippen LogP contribution in [0.3, 0.4) is 0 Å². The second-order valence-electron chi connectivity index (χ2n) is 3.36. The average molecular weight is 211 g/mol. The second-order valence-corrected chi connectivity index (χ2v) is 3.36. The third-order valence-corrected chi connectivity index (χ3v) is 2.04. The Labute approximate surface area is 92.6 Å². The van der Waals surface area contributed by atoms with Gasteiger partial charge in [-0.05, 0) is 26.3 Å². The quantitative estimate of drug-likeness (QED) is 0.377. The summed E-state index contributed by atoms with van der Waals surface area (Å²) in [5, 5.41) is 3.17. The first-order valence-corrected chi connectivity index (χ1v) is 5.59. The number of hydrogen-bond acceptors (Lipinski definition) is 3. The maximum absolute atomic E-state index is 11.5. The molecule has 0 amide bonds. The Bertz CT molecular complexity index is 208. The lowest BCUT2D eigenvalue weighted by molar-refractivity contribution is -0.145. The zero-order chi connectivity index (χ0) is 11.5. The van der Waals surface area contributed by atoms with Crippen molar-refractivity contribution in [2.75, 3.05) is 13.2 Å². The van der Waals surface area contributed by atoms with Gasteiger partial charge < -0.3 is 10.1 Å². The topological polar surface area (TPSA) is 38.3 Å². The standard InChI is InChI=1S/C12H21NO2/c1-4-7-8-10-13-11(9-5-2)12(14)15-6-3/h1,11,13H,5-10H2,2-3H3. The van der Waals surface area contributed by atoms with Gasteiger partial charge >= 0.3 is 5.97 Å². The van der Waals surface area contributed by atoms with Crippen molar-refractivity contribution in [1.29, 1.82) is 0 Å². The molecular weight excluding hydrogens is 190 g/mol. The molecule has 0 aromatic carbocycles. The molecule has 1 atom stereocenters. The molecule has 0 saturated carbocycles. The molecule has 0 aliphatic heterocycles. The van der Waals surface area contributed by atoms with Crippen molar-refractivity contribution in [3.8, 4) is 12.3 Å². The fourth-order valence-electron chi connectivity index (χ4n) is 1.30. The smallest absolute Gasteiger partial charge is 0.323 e. The second kappa shape index (κ2) is 9.54. The van der Waals surface area contributed by atoms with Crippen LogP contribution in [0.1, 0.15) is 39.5 Å². The summed E-state index contributed by atoms with van der Waals surface area (Å²) < 4.78 is 4.97. The van der Waals surface area contributed by atoms with Crippen molar-refractivity contribution in [3.05, 3.63) is 0 Å². The van der Waals surface area contributed by atoms with E-state index in [0.29, 0.717) is 6.61 Å². The van der Waals surface area contributed by atoms with Gasteiger partial charge in [-0.1, -0.05) is 13.3 Å². The van der Waals surface area contributed by atoms with Crippen molar-refractivity contribution in [1.82, 2.24) is 5.32 Å². The molecule has 3 nitrogen and oxygen atoms in total. The highest BCUT2D eigenvalue weighted by atomic mass is 16.5. The Kier molecular flexibility index (Phi) is 8.90. The number of hydrogen-bond donors (Lipinski definition) is 1. The number of unbranched alkanes of at least 4 members (excludes halogenated alkanes) is 1. The third kappa shape index (κ3) is 6.98. The number of rotatable bonds is 8. The van der Waals surface area contributed by atoms with Crippen molar-refractivity contribution in [2.24, 2.45) is 0 Å². The largest absolute Gasteiger partial charge is 0.465 e. The molecule has 86 valence electrons. The molecule has 1 N–H and O–H groups in total. The maximum atomic E-state index is 11.5. The highest BCUT2D eigenvalue weighted by Gasteiger charge is 2.17. The Morgan fingerprint density at radius 2 is 2.27 bits per heavy atom. The highest BCUT2D eigenvalue weighted by molar-refractivity contribution is 5.75. The minimum absolute atomic E-state index is 0.153. The molecule has 3 heteroatoms. The van der Waals surface area contributed by atoms with E-state index in [0.717, 1.165) is 32.2 Å². The summed E-state index contributed by atoms with van der Waals surface area (Å²) in [5.74, 6) is 2.42. The molecular formula is C12H21NO2. The van der Waals surface area contributed by atoms with E-state index in [2.05, 4.69) is 18.2 Å². The number of carbonyl (C=O) groups is 1. The van der Waals surface area contributed by atoms with Gasteiger partial charge in [-0.3, -0.25) is 4.79 Å². The van der Waals surface area contributed by atoms with Gasteiger partial charge in [0, 0.05) is 6.42 Å². The van der Waals surface area contributed by atoms with E-state index in [1.54, 1.807) is 0 Å². The van der Waals surface area contributed by atoms with Gasteiger partial charge in [0.25, 0.3) is 0 Å². The number of terminal acetylenes is 1. The van der Waals surface area contributed by atoms with Crippen molar-refractivity contribution >= 4 is 5.97 Å². The fraction of sp³-hybridized carbons (Fsp3) is 0.750. The van der Waals surface area contributed by atoms with E-state index in [1.165, 1.54) is 0 Å². The van der Waals surface area contributed by atoms with Gasteiger partial charge in [0.05, 0.1) is 6.61 Å². The molecule has 0 radical (unpaired) electrons. The molecule has 0 fully saturated rings. The lowest BCUT2D eigenvalue weighted by atomic mass is 10.1. The molecule has 0 bridgehead atoms. The summed E-state index contributed by atoms with van der Waals surface area (Å²) in [6, 6.07) is -0.173. The van der Waals surface area contributed by atoms with Crippen LogP contribution in [-0.2, 0) is 9.53 Å². The van der Waals surface area contributed by atoms with Crippen LogP contribution in [0.4, 0.5) is 0 Å². The SMILES string of the molecule is C#CCCCNC(CCC)C(=O)OCC. The van der Waals surface area contributed by atoms with Gasteiger partial charge in [-0.2, -0.15) is 0 Å². The molecule has 0 aromatic rings. The van der Waals surface area contributed by atoms with E-state index in [-0.39, 0.29) is 12.0 Å². The molecule has 0 aliphatic rings. The molecule has 0 spiro atoms. The maximum Gasteiger partial charge on any atom is 0.323 e. The predicted molar refractivity (Wildman–Crippen MR) is 61.4 cm³/mol. The van der Waals surface area contributed by atoms with E-state index in [1.807, 2.05) is 6.92 Å². The molecule has 0 saturated heterocycles. The van der Waals surface area contributed by atoms with E-state index >= 15 is 0 Å². The summed E-state index contributed by atoms with van der Waals surface area (Å²) in [7, 11) is 0. The summed E-state index contributed by atoms with van der Waals surface area (Å²) in [4.78, 5) is 11.5. The number of carbonyl (C=O) groups excluding carboxylic acids is 1. The van der Waals surface area contributed by atoms with Gasteiger partial charge in [0.1, 0.15) is 6.04 Å². The molecule has 0 aliphatic carbocycles. The van der Waals surface area contributed by atoms with Gasteiger partial charge in [0.2, 0.25) is 0 Å². The van der Waals surface area contributed by atoms with Crippen LogP contribution in [-0.4, -0.2) is 25.2 Å². The fourth-order valence-corrected chi connectivity index (χ4v) is 1.30. The van der Waals surface area contributed by atoms with Crippen molar-refractivity contribution < 1.29 is 9.53 Å². The van der Waals surface area contributed by atoms with Crippen LogP contribution in [0, 0.1) is 12.3 Å². The van der Waals surface area contributed by atoms with Crippen LogP contribution < -0.4 is 5.32 Å². The van der Waals surface area contributed by atoms with Crippen LogP contribution in [0.25, 0.3) is 0 Å². The zero-order valence-corrected chi connectivity index (χ0v) is 9.71. The number of esters is 1. The molecule has 0 rings (SSSR count). The van der Waals surface area contributed by atoms with Gasteiger partial charge in [-0.25, -0.2) is 0 Å². The molecule has 0 aromatic heterocycles. The van der Waals surface area contributed by atoms with Crippen LogP contribution >= 0.6 is 0 Å². The van der Waals surface area contributed by atoms with E-state index in [4.69, 9.17) is 11.2 Å². The highest BCUT2D eigenvalue weighted by Crippen LogP contribution is 2.00. The van der Waals surface area contributed by atoms with Gasteiger partial charge in [-0.15, -0.1) is 12.3 Å². The average Bonchev–Trinajstić information content (AvgIpc) is 2.23. The number of nitrogens with one attached hydrogen (secondary N) is 1. The molecule has 1 unspecified atom stereocenters. The van der Waals surface area contributed by atoms with Crippen molar-refractivity contribution in [2.45, 2.75) is 45.6 Å². The lowest BCUT2D eigenvalue weighted by Gasteiger charge is -2.15. The monoisotopic (exact) mass is 211 g/mol. The van der Waals surface area contributed by atoms with Crippen LogP contribution in [0.15, 0.2) is 0 Å². The summed E-state index contributed by atoms with van der Waals surface area (Å²) >= 11 is 0. The minimum Gasteiger partial charge on any atom is -0.465 e. The Hall–Kier alpha value is -1.01. The van der Waals surface area contributed by atoms with Crippen LogP contribution in [0.5, 0.6) is 0 Å². The van der Waals surface area contributed by atoms with E-state index < -0.39 is 0 Å². The summed E-state index contributed by atoms with van der Waals surface area (Å²) in [6.45, 7) is 5.08. The van der Waals surface area contributed by atoms with Crippen molar-refractivity contribution in [3.63, 3.8) is 0 Å². The zero-order valence-electron chi connectivity index (χ0n) is 9.71. The normalized spacial score (nSPS) is 11.8. The Morgan fingerprint density at radius 3 is 2.80 bits per heavy atom. The predicted octanol–water partition coefficient (Wildman–Crippen LogP) is 1.72. The molecule has 15 heavy (non-hydrogen) atoms.